The van der Waals surface area contributed by atoms with Crippen LogP contribution in [-0.4, -0.2) is 41.5 Å². The number of alkyl halides is 3. The van der Waals surface area contributed by atoms with Crippen LogP contribution < -0.4 is 5.32 Å². The summed E-state index contributed by atoms with van der Waals surface area (Å²) in [4.78, 5) is 10.7. The molecule has 4 nitrogen and oxygen atoms in total. The molecule has 0 aliphatic carbocycles. The van der Waals surface area contributed by atoms with E-state index in [9.17, 15) is 23.1 Å². The Morgan fingerprint density at radius 2 is 2.00 bits per heavy atom. The highest BCUT2D eigenvalue weighted by atomic mass is 19.4. The number of amides is 1. The first-order valence-corrected chi connectivity index (χ1v) is 4.93. The van der Waals surface area contributed by atoms with Gasteiger partial charge in [0.05, 0.1) is 18.2 Å². The number of hydrogen-bond donors (Lipinski definition) is 2. The lowest BCUT2D eigenvalue weighted by atomic mass is 9.96. The van der Waals surface area contributed by atoms with E-state index < -0.39 is 30.3 Å². The average Bonchev–Trinajstić information content (AvgIpc) is 2.11. The zero-order chi connectivity index (χ0) is 12.5. The zero-order valence-corrected chi connectivity index (χ0v) is 8.91. The summed E-state index contributed by atoms with van der Waals surface area (Å²) in [5.74, 6) is -2.03. The first-order chi connectivity index (χ1) is 7.21. The number of ether oxygens (including phenoxy) is 1. The molecule has 1 rings (SSSR count). The molecule has 1 saturated heterocycles. The van der Waals surface area contributed by atoms with E-state index in [1.807, 2.05) is 0 Å². The van der Waals surface area contributed by atoms with Crippen LogP contribution in [0.5, 0.6) is 0 Å². The lowest BCUT2D eigenvalue weighted by Crippen LogP contribution is -2.56. The summed E-state index contributed by atoms with van der Waals surface area (Å²) < 4.78 is 41.2. The first-order valence-electron chi connectivity index (χ1n) is 4.93. The fourth-order valence-electron chi connectivity index (χ4n) is 1.72. The molecule has 0 bridgehead atoms. The van der Waals surface area contributed by atoms with Crippen LogP contribution in [0.4, 0.5) is 13.2 Å². The van der Waals surface area contributed by atoms with E-state index in [-0.39, 0.29) is 12.5 Å². The summed E-state index contributed by atoms with van der Waals surface area (Å²) in [6.07, 6.45) is -6.78. The van der Waals surface area contributed by atoms with Crippen LogP contribution in [0, 0.1) is 0 Å². The minimum atomic E-state index is -4.93. The quantitative estimate of drug-likeness (QED) is 0.706. The highest BCUT2D eigenvalue weighted by molar-refractivity contribution is 5.82. The number of aliphatic hydroxyl groups is 1. The topological polar surface area (TPSA) is 58.6 Å². The normalized spacial score (nSPS) is 35.9. The van der Waals surface area contributed by atoms with Crippen molar-refractivity contribution in [3.63, 3.8) is 0 Å². The van der Waals surface area contributed by atoms with Crippen LogP contribution >= 0.6 is 0 Å². The first kappa shape index (κ1) is 13.2. The van der Waals surface area contributed by atoms with Crippen LogP contribution in [0.15, 0.2) is 0 Å². The van der Waals surface area contributed by atoms with Gasteiger partial charge in [0, 0.05) is 0 Å². The average molecular weight is 241 g/mol. The Labute approximate surface area is 90.8 Å². The van der Waals surface area contributed by atoms with Gasteiger partial charge in [0.1, 0.15) is 6.10 Å². The van der Waals surface area contributed by atoms with E-state index in [0.29, 0.717) is 0 Å². The second-order valence-corrected chi connectivity index (χ2v) is 3.96. The molecule has 0 aromatic heterocycles. The number of rotatable bonds is 1. The Morgan fingerprint density at radius 1 is 1.44 bits per heavy atom. The molecule has 0 saturated carbocycles. The van der Waals surface area contributed by atoms with Gasteiger partial charge in [-0.3, -0.25) is 4.79 Å². The zero-order valence-electron chi connectivity index (χ0n) is 8.91. The third-order valence-corrected chi connectivity index (χ3v) is 2.50. The van der Waals surface area contributed by atoms with Gasteiger partial charge in [-0.25, -0.2) is 0 Å². The molecule has 0 radical (unpaired) electrons. The molecule has 1 fully saturated rings. The molecule has 0 aromatic rings. The van der Waals surface area contributed by atoms with E-state index in [2.05, 4.69) is 0 Å². The lowest BCUT2D eigenvalue weighted by molar-refractivity contribution is -0.178. The largest absolute Gasteiger partial charge is 0.471 e. The van der Waals surface area contributed by atoms with Crippen molar-refractivity contribution in [2.24, 2.45) is 0 Å². The fraction of sp³-hybridized carbons (Fsp3) is 0.889. The molecule has 1 heterocycles. The third kappa shape index (κ3) is 3.08. The Balaban J connectivity index is 2.62. The summed E-state index contributed by atoms with van der Waals surface area (Å²) >= 11 is 0. The van der Waals surface area contributed by atoms with Gasteiger partial charge in [-0.2, -0.15) is 13.2 Å². The minimum Gasteiger partial charge on any atom is -0.388 e. The number of hydrogen-bond acceptors (Lipinski definition) is 3. The SMILES string of the molecule is C[C@@H]1O[C@@H](C)C[C@H](NC(=O)C(F)(F)F)[C@@H]1O. The summed E-state index contributed by atoms with van der Waals surface area (Å²) in [5.41, 5.74) is 0. The van der Waals surface area contributed by atoms with E-state index in [0.717, 1.165) is 0 Å². The van der Waals surface area contributed by atoms with Crippen LogP contribution in [-0.2, 0) is 9.53 Å². The molecule has 1 aliphatic heterocycles. The molecule has 7 heteroatoms. The molecule has 1 aliphatic rings. The fourth-order valence-corrected chi connectivity index (χ4v) is 1.72. The van der Waals surface area contributed by atoms with Gasteiger partial charge in [0.25, 0.3) is 0 Å². The van der Waals surface area contributed by atoms with Crippen LogP contribution in [0.3, 0.4) is 0 Å². The predicted octanol–water partition coefficient (Wildman–Crippen LogP) is 0.592. The second kappa shape index (κ2) is 4.58. The molecular formula is C9H14F3NO3. The molecule has 0 unspecified atom stereocenters. The number of aliphatic hydroxyl groups excluding tert-OH is 1. The lowest BCUT2D eigenvalue weighted by Gasteiger charge is -2.37. The maximum atomic E-state index is 12.0. The Hall–Kier alpha value is -0.820. The van der Waals surface area contributed by atoms with Crippen LogP contribution in [0.2, 0.25) is 0 Å². The number of carbonyl (C=O) groups is 1. The van der Waals surface area contributed by atoms with E-state index >= 15 is 0 Å². The number of halogens is 3. The Bertz CT molecular complexity index is 269. The smallest absolute Gasteiger partial charge is 0.388 e. The van der Waals surface area contributed by atoms with Crippen molar-refractivity contribution >= 4 is 5.91 Å². The highest BCUT2D eigenvalue weighted by Crippen LogP contribution is 2.22. The molecule has 0 spiro atoms. The van der Waals surface area contributed by atoms with Crippen LogP contribution in [0.25, 0.3) is 0 Å². The summed E-state index contributed by atoms with van der Waals surface area (Å²) in [6.45, 7) is 3.22. The third-order valence-electron chi connectivity index (χ3n) is 2.50. The van der Waals surface area contributed by atoms with Gasteiger partial charge in [-0.15, -0.1) is 0 Å². The van der Waals surface area contributed by atoms with Gasteiger partial charge in [0.15, 0.2) is 0 Å². The van der Waals surface area contributed by atoms with Gasteiger partial charge in [-0.05, 0) is 20.3 Å². The maximum Gasteiger partial charge on any atom is 0.471 e. The van der Waals surface area contributed by atoms with Crippen molar-refractivity contribution < 1.29 is 27.8 Å². The van der Waals surface area contributed by atoms with Crippen molar-refractivity contribution in [1.82, 2.24) is 5.32 Å². The van der Waals surface area contributed by atoms with E-state index in [1.54, 1.807) is 19.2 Å². The van der Waals surface area contributed by atoms with Gasteiger partial charge in [-0.1, -0.05) is 0 Å². The Morgan fingerprint density at radius 3 is 2.50 bits per heavy atom. The summed E-state index contributed by atoms with van der Waals surface area (Å²) in [5, 5.41) is 11.3. The molecule has 2 N–H and O–H groups in total. The van der Waals surface area contributed by atoms with E-state index in [4.69, 9.17) is 4.74 Å². The van der Waals surface area contributed by atoms with Gasteiger partial charge in [0.2, 0.25) is 0 Å². The number of carbonyl (C=O) groups excluding carboxylic acids is 1. The molecule has 1 amide bonds. The monoisotopic (exact) mass is 241 g/mol. The Kier molecular flexibility index (Phi) is 3.80. The van der Waals surface area contributed by atoms with Crippen molar-refractivity contribution in [1.29, 1.82) is 0 Å². The van der Waals surface area contributed by atoms with Crippen molar-refractivity contribution in [2.45, 2.75) is 50.8 Å². The molecular weight excluding hydrogens is 227 g/mol. The van der Waals surface area contributed by atoms with Gasteiger partial charge < -0.3 is 15.2 Å². The van der Waals surface area contributed by atoms with Crippen molar-refractivity contribution in [2.75, 3.05) is 0 Å². The molecule has 16 heavy (non-hydrogen) atoms. The second-order valence-electron chi connectivity index (χ2n) is 3.96. The maximum absolute atomic E-state index is 12.0. The summed E-state index contributed by atoms with van der Waals surface area (Å²) in [7, 11) is 0. The standard InChI is InChI=1S/C9H14F3NO3/c1-4-3-6(7(14)5(2)16-4)13-8(15)9(10,11)12/h4-7,14H,3H2,1-2H3,(H,13,15)/t4-,5-,6-,7+/m0/s1. The predicted molar refractivity (Wildman–Crippen MR) is 48.6 cm³/mol. The van der Waals surface area contributed by atoms with E-state index in [1.165, 1.54) is 0 Å². The number of nitrogens with one attached hydrogen (secondary N) is 1. The minimum absolute atomic E-state index is 0.160. The highest BCUT2D eigenvalue weighted by Gasteiger charge is 2.43. The van der Waals surface area contributed by atoms with Gasteiger partial charge >= 0.3 is 12.1 Å². The molecule has 4 atom stereocenters. The van der Waals surface area contributed by atoms with Crippen molar-refractivity contribution in [3.05, 3.63) is 0 Å². The van der Waals surface area contributed by atoms with Crippen LogP contribution in [0.1, 0.15) is 20.3 Å². The molecule has 0 aromatic carbocycles. The summed E-state index contributed by atoms with van der Waals surface area (Å²) in [6, 6.07) is -0.923. The molecule has 94 valence electrons. The van der Waals surface area contributed by atoms with Crippen molar-refractivity contribution in [3.8, 4) is 0 Å².